The second-order valence-corrected chi connectivity index (χ2v) is 4.35. The average Bonchev–Trinajstić information content (AvgIpc) is 2.81. The summed E-state index contributed by atoms with van der Waals surface area (Å²) in [7, 11) is 0. The van der Waals surface area contributed by atoms with Crippen molar-refractivity contribution in [3.8, 4) is 0 Å². The molecule has 0 saturated heterocycles. The fourth-order valence-electron chi connectivity index (χ4n) is 1.98. The molecule has 0 aliphatic rings. The molecule has 5 heteroatoms. The fourth-order valence-corrected chi connectivity index (χ4v) is 2.14. The molecule has 1 aromatic heterocycles. The number of hydrogen-bond donors (Lipinski definition) is 2. The van der Waals surface area contributed by atoms with E-state index >= 15 is 0 Å². The molecule has 1 atom stereocenters. The van der Waals surface area contributed by atoms with E-state index in [1.165, 1.54) is 6.07 Å². The Kier molecular flexibility index (Phi) is 4.01. The smallest absolute Gasteiger partial charge is 0.129 e. The number of hydrazine groups is 1. The summed E-state index contributed by atoms with van der Waals surface area (Å²) < 4.78 is 19.2. The third-order valence-electron chi connectivity index (χ3n) is 2.85. The van der Waals surface area contributed by atoms with E-state index in [0.29, 0.717) is 10.6 Å². The highest BCUT2D eigenvalue weighted by Crippen LogP contribution is 2.28. The van der Waals surface area contributed by atoms with Crippen LogP contribution in [0.25, 0.3) is 0 Å². The predicted octanol–water partition coefficient (Wildman–Crippen LogP) is 3.19. The van der Waals surface area contributed by atoms with Crippen LogP contribution in [0.4, 0.5) is 4.39 Å². The van der Waals surface area contributed by atoms with Crippen LogP contribution in [0.15, 0.2) is 34.9 Å². The van der Waals surface area contributed by atoms with Crippen molar-refractivity contribution >= 4 is 11.6 Å². The third-order valence-corrected chi connectivity index (χ3v) is 3.09. The Hall–Kier alpha value is -1.36. The first kappa shape index (κ1) is 13.1. The van der Waals surface area contributed by atoms with Gasteiger partial charge >= 0.3 is 0 Å². The number of hydrogen-bond acceptors (Lipinski definition) is 3. The molecule has 0 radical (unpaired) electrons. The Morgan fingerprint density at radius 2 is 2.17 bits per heavy atom. The van der Waals surface area contributed by atoms with Gasteiger partial charge in [0.15, 0.2) is 0 Å². The van der Waals surface area contributed by atoms with Gasteiger partial charge in [-0.25, -0.2) is 9.82 Å². The molecule has 2 aromatic rings. The molecular formula is C13H14ClFN2O. The lowest BCUT2D eigenvalue weighted by Crippen LogP contribution is -2.29. The lowest BCUT2D eigenvalue weighted by molar-refractivity contribution is 0.497. The van der Waals surface area contributed by atoms with Crippen molar-refractivity contribution in [3.63, 3.8) is 0 Å². The van der Waals surface area contributed by atoms with E-state index in [-0.39, 0.29) is 0 Å². The first-order valence-corrected chi connectivity index (χ1v) is 6.02. The van der Waals surface area contributed by atoms with E-state index < -0.39 is 11.9 Å². The number of nitrogens with one attached hydrogen (secondary N) is 1. The highest BCUT2D eigenvalue weighted by Gasteiger charge is 2.20. The van der Waals surface area contributed by atoms with Crippen LogP contribution in [0.1, 0.15) is 29.9 Å². The van der Waals surface area contributed by atoms with Gasteiger partial charge in [0.25, 0.3) is 0 Å². The lowest BCUT2D eigenvalue weighted by Gasteiger charge is -2.17. The van der Waals surface area contributed by atoms with Crippen molar-refractivity contribution in [3.05, 3.63) is 58.3 Å². The molecule has 96 valence electrons. The average molecular weight is 269 g/mol. The van der Waals surface area contributed by atoms with Gasteiger partial charge in [-0.15, -0.1) is 0 Å². The lowest BCUT2D eigenvalue weighted by atomic mass is 9.98. The quantitative estimate of drug-likeness (QED) is 0.661. The maximum atomic E-state index is 13.9. The molecule has 0 aliphatic carbocycles. The van der Waals surface area contributed by atoms with E-state index in [2.05, 4.69) is 5.43 Å². The number of rotatable bonds is 4. The summed E-state index contributed by atoms with van der Waals surface area (Å²) in [4.78, 5) is 0. The number of aryl methyl sites for hydroxylation is 1. The zero-order valence-corrected chi connectivity index (χ0v) is 10.7. The molecule has 2 rings (SSSR count). The second kappa shape index (κ2) is 5.52. The molecule has 1 heterocycles. The van der Waals surface area contributed by atoms with Gasteiger partial charge in [-0.2, -0.15) is 0 Å². The van der Waals surface area contributed by atoms with Gasteiger partial charge in [-0.05, 0) is 18.2 Å². The minimum atomic E-state index is -0.448. The van der Waals surface area contributed by atoms with Gasteiger partial charge in [-0.3, -0.25) is 5.84 Å². The maximum Gasteiger partial charge on any atom is 0.129 e. The van der Waals surface area contributed by atoms with Crippen LogP contribution in [0, 0.1) is 5.82 Å². The standard InChI is InChI=1S/C13H14ClFN2O/c1-2-12-10(5-6-18-12)13(17-16)9-4-3-8(14)7-11(9)15/h3-7,13,17H,2,16H2,1H3. The minimum absolute atomic E-state index is 0.356. The second-order valence-electron chi connectivity index (χ2n) is 3.92. The minimum Gasteiger partial charge on any atom is -0.469 e. The van der Waals surface area contributed by atoms with Crippen LogP contribution < -0.4 is 11.3 Å². The van der Waals surface area contributed by atoms with E-state index in [4.69, 9.17) is 21.9 Å². The zero-order chi connectivity index (χ0) is 13.1. The number of benzene rings is 1. The van der Waals surface area contributed by atoms with Gasteiger partial charge in [0, 0.05) is 22.6 Å². The molecule has 0 spiro atoms. The number of furan rings is 1. The van der Waals surface area contributed by atoms with E-state index in [0.717, 1.165) is 17.7 Å². The highest BCUT2D eigenvalue weighted by atomic mass is 35.5. The van der Waals surface area contributed by atoms with Crippen LogP contribution in [-0.4, -0.2) is 0 Å². The maximum absolute atomic E-state index is 13.9. The van der Waals surface area contributed by atoms with Gasteiger partial charge in [0.1, 0.15) is 11.6 Å². The van der Waals surface area contributed by atoms with Crippen LogP contribution in [0.3, 0.4) is 0 Å². The Bertz CT molecular complexity index is 542. The normalized spacial score (nSPS) is 12.7. The molecule has 1 unspecified atom stereocenters. The summed E-state index contributed by atoms with van der Waals surface area (Å²) in [6, 6.07) is 5.87. The summed E-state index contributed by atoms with van der Waals surface area (Å²) in [6.07, 6.45) is 2.29. The number of halogens is 2. The molecule has 0 amide bonds. The molecule has 0 bridgehead atoms. The molecule has 18 heavy (non-hydrogen) atoms. The van der Waals surface area contributed by atoms with Crippen molar-refractivity contribution in [1.82, 2.24) is 5.43 Å². The van der Waals surface area contributed by atoms with Crippen LogP contribution in [0.5, 0.6) is 0 Å². The summed E-state index contributed by atoms with van der Waals surface area (Å²) >= 11 is 5.74. The Labute approximate surface area is 110 Å². The van der Waals surface area contributed by atoms with Gasteiger partial charge < -0.3 is 4.42 Å². The molecule has 3 nitrogen and oxygen atoms in total. The van der Waals surface area contributed by atoms with Crippen molar-refractivity contribution in [2.45, 2.75) is 19.4 Å². The largest absolute Gasteiger partial charge is 0.469 e. The Morgan fingerprint density at radius 1 is 1.39 bits per heavy atom. The van der Waals surface area contributed by atoms with Crippen LogP contribution >= 0.6 is 11.6 Å². The van der Waals surface area contributed by atoms with Gasteiger partial charge in [0.05, 0.1) is 12.3 Å². The number of nitrogens with two attached hydrogens (primary N) is 1. The first-order chi connectivity index (χ1) is 8.67. The van der Waals surface area contributed by atoms with E-state index in [9.17, 15) is 4.39 Å². The SMILES string of the molecule is CCc1occc1C(NN)c1ccc(Cl)cc1F. The van der Waals surface area contributed by atoms with Crippen molar-refractivity contribution in [2.75, 3.05) is 0 Å². The molecule has 0 saturated carbocycles. The van der Waals surface area contributed by atoms with E-state index in [1.54, 1.807) is 24.5 Å². The summed E-state index contributed by atoms with van der Waals surface area (Å²) in [5, 5.41) is 0.356. The Balaban J connectivity index is 2.45. The van der Waals surface area contributed by atoms with Crippen molar-refractivity contribution < 1.29 is 8.81 Å². The molecular weight excluding hydrogens is 255 g/mol. The summed E-state index contributed by atoms with van der Waals surface area (Å²) in [5.41, 5.74) is 3.89. The summed E-state index contributed by atoms with van der Waals surface area (Å²) in [6.45, 7) is 1.97. The molecule has 3 N–H and O–H groups in total. The molecule has 0 fully saturated rings. The first-order valence-electron chi connectivity index (χ1n) is 5.64. The van der Waals surface area contributed by atoms with E-state index in [1.807, 2.05) is 6.92 Å². The van der Waals surface area contributed by atoms with Gasteiger partial charge in [0.2, 0.25) is 0 Å². The topological polar surface area (TPSA) is 51.2 Å². The Morgan fingerprint density at radius 3 is 2.78 bits per heavy atom. The van der Waals surface area contributed by atoms with Gasteiger partial charge in [-0.1, -0.05) is 24.6 Å². The van der Waals surface area contributed by atoms with Crippen molar-refractivity contribution in [2.24, 2.45) is 5.84 Å². The highest BCUT2D eigenvalue weighted by molar-refractivity contribution is 6.30. The van der Waals surface area contributed by atoms with Crippen molar-refractivity contribution in [1.29, 1.82) is 0 Å². The monoisotopic (exact) mass is 268 g/mol. The predicted molar refractivity (Wildman–Crippen MR) is 68.7 cm³/mol. The third kappa shape index (κ3) is 2.41. The molecule has 1 aromatic carbocycles. The summed E-state index contributed by atoms with van der Waals surface area (Å²) in [5.74, 6) is 5.93. The van der Waals surface area contributed by atoms with Crippen LogP contribution in [0.2, 0.25) is 5.02 Å². The fraction of sp³-hybridized carbons (Fsp3) is 0.231. The zero-order valence-electron chi connectivity index (χ0n) is 9.91. The van der Waals surface area contributed by atoms with Crippen LogP contribution in [-0.2, 0) is 6.42 Å². The molecule has 0 aliphatic heterocycles.